The molecule has 0 saturated heterocycles. The number of halogens is 2. The number of alkyl halides is 2. The van der Waals surface area contributed by atoms with Gasteiger partial charge in [0.25, 0.3) is 0 Å². The minimum atomic E-state index is -3.70. The number of aliphatic hydroxyl groups excluding tert-OH is 2. The van der Waals surface area contributed by atoms with Crippen molar-refractivity contribution in [3.63, 3.8) is 0 Å². The van der Waals surface area contributed by atoms with Crippen LogP contribution in [-0.2, 0) is 13.6 Å². The second-order valence-corrected chi connectivity index (χ2v) is 5.08. The van der Waals surface area contributed by atoms with Crippen LogP contribution in [0.25, 0.3) is 0 Å². The highest BCUT2D eigenvalue weighted by molar-refractivity contribution is 7.51. The first-order valence-electron chi connectivity index (χ1n) is 4.12. The second-order valence-electron chi connectivity index (χ2n) is 2.30. The Hall–Kier alpha value is 0.610. The smallest absolute Gasteiger partial charge is 0.380 e. The summed E-state index contributed by atoms with van der Waals surface area (Å²) in [5, 5.41) is 17.7. The molecular weight excluding hydrogens is 268 g/mol. The van der Waals surface area contributed by atoms with E-state index in [2.05, 4.69) is 0 Å². The van der Waals surface area contributed by atoms with Crippen LogP contribution < -0.4 is 0 Å². The first kappa shape index (κ1) is 15.6. The zero-order valence-electron chi connectivity index (χ0n) is 8.01. The van der Waals surface area contributed by atoms with Gasteiger partial charge in [-0.25, -0.2) is 4.57 Å². The van der Waals surface area contributed by atoms with E-state index >= 15 is 0 Å². The molecule has 0 unspecified atom stereocenters. The summed E-state index contributed by atoms with van der Waals surface area (Å²) >= 11 is 10.7. The molecule has 0 heterocycles. The summed E-state index contributed by atoms with van der Waals surface area (Å²) in [4.78, 5) is 0. The minimum absolute atomic E-state index is 0.0163. The Balaban J connectivity index is 4.44. The van der Waals surface area contributed by atoms with Crippen molar-refractivity contribution in [3.8, 4) is 0 Å². The van der Waals surface area contributed by atoms with Gasteiger partial charge >= 0.3 is 7.75 Å². The Morgan fingerprint density at radius 3 is 1.73 bits per heavy atom. The fourth-order valence-corrected chi connectivity index (χ4v) is 2.42. The summed E-state index contributed by atoms with van der Waals surface area (Å²) in [5.41, 5.74) is 0. The zero-order valence-corrected chi connectivity index (χ0v) is 10.4. The average molecular weight is 282 g/mol. The summed E-state index contributed by atoms with van der Waals surface area (Å²) in [5.74, 6) is 0.248. The summed E-state index contributed by atoms with van der Waals surface area (Å²) in [6.45, 7) is -1.34. The molecule has 9 heteroatoms. The standard InChI is InChI=1S/C6H14Cl2NO5P/c7-1-3-13-15(12,14-4-2-8)9(5-10)6-11/h10-11H,1-6H2. The van der Waals surface area contributed by atoms with E-state index in [0.717, 1.165) is 4.67 Å². The van der Waals surface area contributed by atoms with E-state index in [0.29, 0.717) is 0 Å². The van der Waals surface area contributed by atoms with Crippen LogP contribution in [0.4, 0.5) is 0 Å². The van der Waals surface area contributed by atoms with Gasteiger partial charge in [-0.05, 0) is 0 Å². The van der Waals surface area contributed by atoms with Crippen molar-refractivity contribution in [2.75, 3.05) is 38.4 Å². The first-order valence-corrected chi connectivity index (χ1v) is 6.69. The van der Waals surface area contributed by atoms with Crippen molar-refractivity contribution >= 4 is 30.9 Å². The summed E-state index contributed by atoms with van der Waals surface area (Å²) in [6.07, 6.45) is 0. The van der Waals surface area contributed by atoms with Gasteiger partial charge < -0.3 is 10.2 Å². The van der Waals surface area contributed by atoms with Crippen LogP contribution >= 0.6 is 30.9 Å². The SMILES string of the molecule is O=P(OCCCl)(OCCCl)N(CO)CO. The van der Waals surface area contributed by atoms with E-state index in [-0.39, 0.29) is 25.0 Å². The zero-order chi connectivity index (χ0) is 11.7. The van der Waals surface area contributed by atoms with Crippen molar-refractivity contribution < 1.29 is 23.8 Å². The van der Waals surface area contributed by atoms with Crippen molar-refractivity contribution in [1.29, 1.82) is 0 Å². The van der Waals surface area contributed by atoms with Gasteiger partial charge in [0.1, 0.15) is 13.5 Å². The number of nitrogens with zero attached hydrogens (tertiary/aromatic N) is 1. The van der Waals surface area contributed by atoms with Gasteiger partial charge in [-0.1, -0.05) is 0 Å². The van der Waals surface area contributed by atoms with Gasteiger partial charge in [-0.3, -0.25) is 9.05 Å². The van der Waals surface area contributed by atoms with E-state index in [1.54, 1.807) is 0 Å². The lowest BCUT2D eigenvalue weighted by molar-refractivity contribution is 0.0536. The molecule has 0 atom stereocenters. The third-order valence-corrected chi connectivity index (χ3v) is 3.61. The Morgan fingerprint density at radius 2 is 1.47 bits per heavy atom. The molecule has 0 fully saturated rings. The fraction of sp³-hybridized carbons (Fsp3) is 1.00. The lowest BCUT2D eigenvalue weighted by Crippen LogP contribution is -2.25. The first-order chi connectivity index (χ1) is 7.14. The van der Waals surface area contributed by atoms with Crippen LogP contribution in [0.3, 0.4) is 0 Å². The molecule has 0 saturated carbocycles. The van der Waals surface area contributed by atoms with Crippen LogP contribution in [0.15, 0.2) is 0 Å². The molecule has 6 nitrogen and oxygen atoms in total. The van der Waals surface area contributed by atoms with Crippen molar-refractivity contribution in [3.05, 3.63) is 0 Å². The van der Waals surface area contributed by atoms with Crippen molar-refractivity contribution in [2.24, 2.45) is 0 Å². The third kappa shape index (κ3) is 5.47. The van der Waals surface area contributed by atoms with E-state index in [9.17, 15) is 4.57 Å². The van der Waals surface area contributed by atoms with Gasteiger partial charge in [-0.15, -0.1) is 23.2 Å². The van der Waals surface area contributed by atoms with E-state index < -0.39 is 21.2 Å². The van der Waals surface area contributed by atoms with Gasteiger partial charge in [0.2, 0.25) is 0 Å². The molecule has 0 aliphatic heterocycles. The van der Waals surface area contributed by atoms with Gasteiger partial charge in [-0.2, -0.15) is 4.67 Å². The minimum Gasteiger partial charge on any atom is -0.380 e. The topological polar surface area (TPSA) is 79.2 Å². The molecule has 2 N–H and O–H groups in total. The lowest BCUT2D eigenvalue weighted by atomic mass is 10.9. The average Bonchev–Trinajstić information content (AvgIpc) is 2.25. The molecular formula is C6H14Cl2NO5P. The lowest BCUT2D eigenvalue weighted by Gasteiger charge is -2.26. The highest BCUT2D eigenvalue weighted by Gasteiger charge is 2.32. The number of aliphatic hydroxyl groups is 2. The van der Waals surface area contributed by atoms with Crippen LogP contribution in [0.5, 0.6) is 0 Å². The molecule has 0 radical (unpaired) electrons. The maximum absolute atomic E-state index is 11.9. The molecule has 0 aromatic rings. The predicted octanol–water partition coefficient (Wildman–Crippen LogP) is 0.807. The summed E-state index contributed by atoms with van der Waals surface area (Å²) in [7, 11) is -3.70. The van der Waals surface area contributed by atoms with E-state index in [4.69, 9.17) is 42.5 Å². The molecule has 0 aliphatic carbocycles. The molecule has 0 amide bonds. The van der Waals surface area contributed by atoms with E-state index in [1.807, 2.05) is 0 Å². The molecule has 0 aromatic heterocycles. The number of rotatable bonds is 9. The van der Waals surface area contributed by atoms with E-state index in [1.165, 1.54) is 0 Å². The Kier molecular flexibility index (Phi) is 9.08. The highest BCUT2D eigenvalue weighted by Crippen LogP contribution is 2.51. The van der Waals surface area contributed by atoms with Crippen LogP contribution in [0.1, 0.15) is 0 Å². The van der Waals surface area contributed by atoms with Crippen molar-refractivity contribution in [1.82, 2.24) is 4.67 Å². The molecule has 0 spiro atoms. The molecule has 15 heavy (non-hydrogen) atoms. The summed E-state index contributed by atoms with van der Waals surface area (Å²) < 4.78 is 22.4. The quantitative estimate of drug-likeness (QED) is 0.370. The molecule has 92 valence electrons. The molecule has 0 rings (SSSR count). The normalized spacial score (nSPS) is 12.3. The molecule has 0 bridgehead atoms. The third-order valence-electron chi connectivity index (χ3n) is 1.34. The summed E-state index contributed by atoms with van der Waals surface area (Å²) in [6, 6.07) is 0. The largest absolute Gasteiger partial charge is 0.412 e. The Bertz CT molecular complexity index is 192. The molecule has 0 aliphatic rings. The maximum Gasteiger partial charge on any atom is 0.412 e. The second kappa shape index (κ2) is 8.73. The van der Waals surface area contributed by atoms with Crippen molar-refractivity contribution in [2.45, 2.75) is 0 Å². The maximum atomic E-state index is 11.9. The van der Waals surface area contributed by atoms with Crippen LogP contribution in [0.2, 0.25) is 0 Å². The van der Waals surface area contributed by atoms with Gasteiger partial charge in [0.15, 0.2) is 0 Å². The number of hydrogen-bond donors (Lipinski definition) is 2. The predicted molar refractivity (Wildman–Crippen MR) is 57.0 cm³/mol. The highest BCUT2D eigenvalue weighted by atomic mass is 35.5. The van der Waals surface area contributed by atoms with Gasteiger partial charge in [0, 0.05) is 11.8 Å². The van der Waals surface area contributed by atoms with Gasteiger partial charge in [0.05, 0.1) is 13.2 Å². The molecule has 0 aromatic carbocycles. The Labute approximate surface area is 98.3 Å². The monoisotopic (exact) mass is 281 g/mol. The Morgan fingerprint density at radius 1 is 1.07 bits per heavy atom. The number of hydrogen-bond acceptors (Lipinski definition) is 5. The van der Waals surface area contributed by atoms with Crippen LogP contribution in [0, 0.1) is 0 Å². The fourth-order valence-electron chi connectivity index (χ4n) is 0.700. The van der Waals surface area contributed by atoms with Crippen LogP contribution in [-0.4, -0.2) is 53.3 Å².